The average Bonchev–Trinajstić information content (AvgIpc) is 2.39. The number of ether oxygens (including phenoxy) is 1. The quantitative estimate of drug-likeness (QED) is 0.772. The molecule has 0 fully saturated rings. The molecule has 0 aliphatic heterocycles. The summed E-state index contributed by atoms with van der Waals surface area (Å²) in [5.41, 5.74) is 2.34. The molecule has 0 amide bonds. The molecule has 0 atom stereocenters. The number of benzene rings is 1. The summed E-state index contributed by atoms with van der Waals surface area (Å²) >= 11 is 0. The van der Waals surface area contributed by atoms with Crippen LogP contribution < -0.4 is 4.74 Å². The lowest BCUT2D eigenvalue weighted by Gasteiger charge is -2.05. The molecule has 3 nitrogen and oxygen atoms in total. The monoisotopic (exact) mass is 241 g/mol. The van der Waals surface area contributed by atoms with Crippen molar-refractivity contribution in [2.45, 2.75) is 13.8 Å². The van der Waals surface area contributed by atoms with E-state index in [9.17, 15) is 4.79 Å². The van der Waals surface area contributed by atoms with Crippen molar-refractivity contribution in [1.29, 1.82) is 0 Å². The molecule has 0 aliphatic carbocycles. The van der Waals surface area contributed by atoms with E-state index in [-0.39, 0.29) is 5.78 Å². The highest BCUT2D eigenvalue weighted by atomic mass is 16.5. The summed E-state index contributed by atoms with van der Waals surface area (Å²) in [5, 5.41) is 0. The van der Waals surface area contributed by atoms with Gasteiger partial charge in [-0.05, 0) is 19.9 Å². The van der Waals surface area contributed by atoms with Crippen molar-refractivity contribution >= 4 is 5.78 Å². The van der Waals surface area contributed by atoms with Gasteiger partial charge in [-0.15, -0.1) is 0 Å². The first-order chi connectivity index (χ1) is 8.70. The molecule has 3 heteroatoms. The van der Waals surface area contributed by atoms with Gasteiger partial charge < -0.3 is 4.74 Å². The van der Waals surface area contributed by atoms with Gasteiger partial charge in [0.25, 0.3) is 0 Å². The van der Waals surface area contributed by atoms with Crippen LogP contribution in [0.1, 0.15) is 28.4 Å². The molecule has 2 aromatic rings. The molecule has 18 heavy (non-hydrogen) atoms. The Labute approximate surface area is 106 Å². The number of aromatic nitrogens is 1. The van der Waals surface area contributed by atoms with Gasteiger partial charge in [-0.25, -0.2) is 0 Å². The number of pyridine rings is 1. The van der Waals surface area contributed by atoms with E-state index in [2.05, 4.69) is 4.98 Å². The molecule has 1 heterocycles. The molecule has 0 aliphatic rings. The maximum Gasteiger partial charge on any atom is 0.194 e. The summed E-state index contributed by atoms with van der Waals surface area (Å²) in [6, 6.07) is 9.22. The molecular weight excluding hydrogens is 226 g/mol. The van der Waals surface area contributed by atoms with E-state index >= 15 is 0 Å². The van der Waals surface area contributed by atoms with Crippen molar-refractivity contribution in [1.82, 2.24) is 4.98 Å². The summed E-state index contributed by atoms with van der Waals surface area (Å²) in [6.07, 6.45) is 3.17. The van der Waals surface area contributed by atoms with E-state index in [0.29, 0.717) is 23.5 Å². The third-order valence-corrected chi connectivity index (χ3v) is 2.60. The number of carbonyl (C=O) groups is 1. The van der Waals surface area contributed by atoms with Crippen molar-refractivity contribution < 1.29 is 9.53 Å². The van der Waals surface area contributed by atoms with E-state index in [1.54, 1.807) is 18.5 Å². The summed E-state index contributed by atoms with van der Waals surface area (Å²) < 4.78 is 5.34. The highest BCUT2D eigenvalue weighted by Crippen LogP contribution is 2.15. The van der Waals surface area contributed by atoms with Gasteiger partial charge in [0, 0.05) is 17.3 Å². The van der Waals surface area contributed by atoms with Gasteiger partial charge in [-0.2, -0.15) is 0 Å². The van der Waals surface area contributed by atoms with Crippen LogP contribution in [0.2, 0.25) is 0 Å². The first-order valence-corrected chi connectivity index (χ1v) is 5.90. The zero-order valence-electron chi connectivity index (χ0n) is 10.5. The molecular formula is C15H15NO2. The fourth-order valence-electron chi connectivity index (χ4n) is 1.66. The van der Waals surface area contributed by atoms with Crippen LogP contribution in [-0.2, 0) is 0 Å². The standard InChI is InChI=1S/C15H15NO2/c1-3-18-14-8-13(9-16-10-14)15(17)12-6-4-11(2)5-7-12/h4-10H,3H2,1-2H3. The first-order valence-electron chi connectivity index (χ1n) is 5.90. The number of carbonyl (C=O) groups excluding carboxylic acids is 1. The second-order valence-electron chi connectivity index (χ2n) is 4.04. The minimum atomic E-state index is -0.0379. The second kappa shape index (κ2) is 5.45. The molecule has 0 radical (unpaired) electrons. The lowest BCUT2D eigenvalue weighted by atomic mass is 10.0. The van der Waals surface area contributed by atoms with Crippen LogP contribution in [-0.4, -0.2) is 17.4 Å². The van der Waals surface area contributed by atoms with E-state index in [0.717, 1.165) is 5.56 Å². The zero-order valence-corrected chi connectivity index (χ0v) is 10.5. The molecule has 0 bridgehead atoms. The van der Waals surface area contributed by atoms with Gasteiger partial charge >= 0.3 is 0 Å². The van der Waals surface area contributed by atoms with Gasteiger partial charge in [-0.1, -0.05) is 29.8 Å². The maximum absolute atomic E-state index is 12.2. The Balaban J connectivity index is 2.28. The normalized spacial score (nSPS) is 10.1. The van der Waals surface area contributed by atoms with Crippen LogP contribution in [0.15, 0.2) is 42.7 Å². The lowest BCUT2D eigenvalue weighted by Crippen LogP contribution is -2.03. The van der Waals surface area contributed by atoms with Gasteiger partial charge in [0.15, 0.2) is 5.78 Å². The molecule has 92 valence electrons. The van der Waals surface area contributed by atoms with Crippen LogP contribution in [0.4, 0.5) is 0 Å². The smallest absolute Gasteiger partial charge is 0.194 e. The van der Waals surface area contributed by atoms with Crippen LogP contribution in [0.3, 0.4) is 0 Å². The van der Waals surface area contributed by atoms with Crippen LogP contribution >= 0.6 is 0 Å². The fraction of sp³-hybridized carbons (Fsp3) is 0.200. The van der Waals surface area contributed by atoms with Crippen molar-refractivity contribution in [3.05, 3.63) is 59.4 Å². The Kier molecular flexibility index (Phi) is 3.72. The molecule has 0 spiro atoms. The summed E-state index contributed by atoms with van der Waals surface area (Å²) in [4.78, 5) is 16.2. The summed E-state index contributed by atoms with van der Waals surface area (Å²) in [7, 11) is 0. The van der Waals surface area contributed by atoms with Gasteiger partial charge in [0.2, 0.25) is 0 Å². The second-order valence-corrected chi connectivity index (χ2v) is 4.04. The number of hydrogen-bond acceptors (Lipinski definition) is 3. The van der Waals surface area contributed by atoms with Gasteiger partial charge in [0.05, 0.1) is 12.8 Å². The van der Waals surface area contributed by atoms with Crippen molar-refractivity contribution in [3.63, 3.8) is 0 Å². The van der Waals surface area contributed by atoms with Crippen LogP contribution in [0.5, 0.6) is 5.75 Å². The third-order valence-electron chi connectivity index (χ3n) is 2.60. The molecule has 0 N–H and O–H groups in total. The van der Waals surface area contributed by atoms with Gasteiger partial charge in [-0.3, -0.25) is 9.78 Å². The Morgan fingerprint density at radius 2 is 1.89 bits per heavy atom. The Morgan fingerprint density at radius 1 is 1.17 bits per heavy atom. The predicted molar refractivity (Wildman–Crippen MR) is 70.0 cm³/mol. The number of hydrogen-bond donors (Lipinski definition) is 0. The van der Waals surface area contributed by atoms with Crippen molar-refractivity contribution in [2.75, 3.05) is 6.61 Å². The summed E-state index contributed by atoms with van der Waals surface area (Å²) in [6.45, 7) is 4.45. The Hall–Kier alpha value is -2.16. The van der Waals surface area contributed by atoms with Crippen molar-refractivity contribution in [2.24, 2.45) is 0 Å². The Bertz CT molecular complexity index is 547. The van der Waals surface area contributed by atoms with Crippen LogP contribution in [0, 0.1) is 6.92 Å². The van der Waals surface area contributed by atoms with E-state index < -0.39 is 0 Å². The highest BCUT2D eigenvalue weighted by Gasteiger charge is 2.10. The topological polar surface area (TPSA) is 39.2 Å². The molecule has 0 saturated heterocycles. The van der Waals surface area contributed by atoms with Crippen molar-refractivity contribution in [3.8, 4) is 5.75 Å². The Morgan fingerprint density at radius 3 is 2.56 bits per heavy atom. The summed E-state index contributed by atoms with van der Waals surface area (Å²) in [5.74, 6) is 0.583. The van der Waals surface area contributed by atoms with E-state index in [4.69, 9.17) is 4.74 Å². The highest BCUT2D eigenvalue weighted by molar-refractivity contribution is 6.08. The molecule has 2 rings (SSSR count). The maximum atomic E-state index is 12.2. The van der Waals surface area contributed by atoms with Gasteiger partial charge in [0.1, 0.15) is 5.75 Å². The third kappa shape index (κ3) is 2.74. The van der Waals surface area contributed by atoms with E-state index in [1.807, 2.05) is 38.1 Å². The fourth-order valence-corrected chi connectivity index (χ4v) is 1.66. The first kappa shape index (κ1) is 12.3. The van der Waals surface area contributed by atoms with E-state index in [1.165, 1.54) is 0 Å². The number of nitrogens with zero attached hydrogens (tertiary/aromatic N) is 1. The minimum absolute atomic E-state index is 0.0379. The molecule has 0 saturated carbocycles. The minimum Gasteiger partial charge on any atom is -0.492 e. The number of aryl methyl sites for hydroxylation is 1. The molecule has 1 aromatic carbocycles. The number of rotatable bonds is 4. The molecule has 1 aromatic heterocycles. The average molecular weight is 241 g/mol. The predicted octanol–water partition coefficient (Wildman–Crippen LogP) is 3.02. The zero-order chi connectivity index (χ0) is 13.0. The SMILES string of the molecule is CCOc1cncc(C(=O)c2ccc(C)cc2)c1. The number of ketones is 1. The van der Waals surface area contributed by atoms with Crippen LogP contribution in [0.25, 0.3) is 0 Å². The largest absolute Gasteiger partial charge is 0.492 e. The lowest BCUT2D eigenvalue weighted by molar-refractivity contribution is 0.103. The molecule has 0 unspecified atom stereocenters.